The van der Waals surface area contributed by atoms with Gasteiger partial charge in [-0.1, -0.05) is 28.1 Å². The number of ether oxygens (including phenoxy) is 2. The van der Waals surface area contributed by atoms with E-state index in [-0.39, 0.29) is 6.10 Å². The van der Waals surface area contributed by atoms with Crippen molar-refractivity contribution in [3.63, 3.8) is 0 Å². The number of carbonyl (C=O) groups is 1. The Kier molecular flexibility index (Phi) is 5.89. The highest BCUT2D eigenvalue weighted by molar-refractivity contribution is 9.10. The molecule has 0 heterocycles. The third-order valence-corrected chi connectivity index (χ3v) is 3.68. The highest BCUT2D eigenvalue weighted by Gasteiger charge is 2.16. The third kappa shape index (κ3) is 5.89. The van der Waals surface area contributed by atoms with Gasteiger partial charge in [-0.05, 0) is 69.7 Å². The zero-order valence-electron chi connectivity index (χ0n) is 14.3. The van der Waals surface area contributed by atoms with Crippen LogP contribution in [0.4, 0.5) is 10.5 Å². The lowest BCUT2D eigenvalue weighted by Gasteiger charge is -2.20. The minimum absolute atomic E-state index is 0.0956. The third-order valence-electron chi connectivity index (χ3n) is 3.15. The van der Waals surface area contributed by atoms with Crippen molar-refractivity contribution < 1.29 is 14.3 Å². The average molecular weight is 392 g/mol. The Balaban J connectivity index is 1.95. The van der Waals surface area contributed by atoms with Gasteiger partial charge in [-0.3, -0.25) is 5.32 Å². The van der Waals surface area contributed by atoms with Crippen LogP contribution >= 0.6 is 15.9 Å². The Bertz CT molecular complexity index is 675. The van der Waals surface area contributed by atoms with Crippen molar-refractivity contribution in [2.75, 3.05) is 5.32 Å². The van der Waals surface area contributed by atoms with Crippen molar-refractivity contribution in [3.8, 4) is 5.75 Å². The first-order valence-corrected chi connectivity index (χ1v) is 8.54. The van der Waals surface area contributed by atoms with Crippen LogP contribution in [0.1, 0.15) is 39.4 Å². The highest BCUT2D eigenvalue weighted by Crippen LogP contribution is 2.24. The van der Waals surface area contributed by atoms with Crippen molar-refractivity contribution in [3.05, 3.63) is 58.6 Å². The number of anilines is 1. The van der Waals surface area contributed by atoms with Gasteiger partial charge >= 0.3 is 6.09 Å². The van der Waals surface area contributed by atoms with Crippen LogP contribution < -0.4 is 10.1 Å². The van der Waals surface area contributed by atoms with E-state index < -0.39 is 11.7 Å². The highest BCUT2D eigenvalue weighted by atomic mass is 79.9. The summed E-state index contributed by atoms with van der Waals surface area (Å²) in [7, 11) is 0. The quantitative estimate of drug-likeness (QED) is 0.701. The minimum atomic E-state index is -0.517. The molecule has 1 atom stereocenters. The molecule has 0 radical (unpaired) electrons. The molecule has 0 aliphatic heterocycles. The second-order valence-corrected chi connectivity index (χ2v) is 7.38. The van der Waals surface area contributed by atoms with Crippen LogP contribution in [0.25, 0.3) is 0 Å². The fourth-order valence-corrected chi connectivity index (χ4v) is 2.31. The number of carbonyl (C=O) groups excluding carboxylic acids is 1. The average Bonchev–Trinajstić information content (AvgIpc) is 2.48. The molecule has 1 amide bonds. The number of rotatable bonds is 4. The molecule has 128 valence electrons. The van der Waals surface area contributed by atoms with E-state index in [9.17, 15) is 4.79 Å². The van der Waals surface area contributed by atoms with E-state index in [0.29, 0.717) is 5.69 Å². The maximum absolute atomic E-state index is 11.8. The molecule has 1 unspecified atom stereocenters. The SMILES string of the molecule is CC(Oc1ccc(Br)cc1)c1ccc(NC(=O)OC(C)(C)C)cc1. The smallest absolute Gasteiger partial charge is 0.412 e. The molecule has 5 heteroatoms. The Hall–Kier alpha value is -2.01. The maximum Gasteiger partial charge on any atom is 0.412 e. The van der Waals surface area contributed by atoms with Crippen LogP contribution in [0.15, 0.2) is 53.0 Å². The number of halogens is 1. The molecule has 24 heavy (non-hydrogen) atoms. The summed E-state index contributed by atoms with van der Waals surface area (Å²) >= 11 is 3.40. The van der Waals surface area contributed by atoms with Crippen LogP contribution in [0.3, 0.4) is 0 Å². The van der Waals surface area contributed by atoms with Crippen LogP contribution in [0.5, 0.6) is 5.75 Å². The molecule has 0 aromatic heterocycles. The molecule has 0 aliphatic rings. The topological polar surface area (TPSA) is 47.6 Å². The number of hydrogen-bond donors (Lipinski definition) is 1. The van der Waals surface area contributed by atoms with Gasteiger partial charge in [0.25, 0.3) is 0 Å². The zero-order chi connectivity index (χ0) is 17.7. The molecule has 0 aliphatic carbocycles. The van der Waals surface area contributed by atoms with Gasteiger partial charge in [0.05, 0.1) is 0 Å². The zero-order valence-corrected chi connectivity index (χ0v) is 15.9. The number of hydrogen-bond acceptors (Lipinski definition) is 3. The summed E-state index contributed by atoms with van der Waals surface area (Å²) < 4.78 is 12.2. The summed E-state index contributed by atoms with van der Waals surface area (Å²) in [5, 5.41) is 2.71. The lowest BCUT2D eigenvalue weighted by Crippen LogP contribution is -2.27. The van der Waals surface area contributed by atoms with Gasteiger partial charge in [-0.2, -0.15) is 0 Å². The molecule has 0 saturated heterocycles. The van der Waals surface area contributed by atoms with E-state index in [1.165, 1.54) is 0 Å². The van der Waals surface area contributed by atoms with Gasteiger partial charge in [0, 0.05) is 10.2 Å². The van der Waals surface area contributed by atoms with Crippen molar-refractivity contribution in [1.29, 1.82) is 0 Å². The molecule has 1 N–H and O–H groups in total. The van der Waals surface area contributed by atoms with Crippen LogP contribution in [0.2, 0.25) is 0 Å². The largest absolute Gasteiger partial charge is 0.486 e. The molecule has 0 spiro atoms. The summed E-state index contributed by atoms with van der Waals surface area (Å²) in [4.78, 5) is 11.8. The fraction of sp³-hybridized carbons (Fsp3) is 0.316. The van der Waals surface area contributed by atoms with Crippen LogP contribution in [0, 0.1) is 0 Å². The lowest BCUT2D eigenvalue weighted by atomic mass is 10.1. The predicted molar refractivity (Wildman–Crippen MR) is 99.5 cm³/mol. The van der Waals surface area contributed by atoms with Crippen molar-refractivity contribution in [2.45, 2.75) is 39.4 Å². The lowest BCUT2D eigenvalue weighted by molar-refractivity contribution is 0.0636. The molecule has 0 bridgehead atoms. The van der Waals surface area contributed by atoms with Gasteiger partial charge in [0.15, 0.2) is 0 Å². The van der Waals surface area contributed by atoms with E-state index in [1.54, 1.807) is 0 Å². The Morgan fingerprint density at radius 2 is 1.62 bits per heavy atom. The fourth-order valence-electron chi connectivity index (χ4n) is 2.04. The van der Waals surface area contributed by atoms with Gasteiger partial charge in [-0.15, -0.1) is 0 Å². The molecular weight excluding hydrogens is 370 g/mol. The second-order valence-electron chi connectivity index (χ2n) is 6.46. The Morgan fingerprint density at radius 1 is 1.04 bits per heavy atom. The van der Waals surface area contributed by atoms with E-state index in [4.69, 9.17) is 9.47 Å². The Labute approximate surface area is 151 Å². The van der Waals surface area contributed by atoms with E-state index in [1.807, 2.05) is 76.2 Å². The van der Waals surface area contributed by atoms with Crippen molar-refractivity contribution >= 4 is 27.7 Å². The molecular formula is C19H22BrNO3. The normalized spacial score (nSPS) is 12.4. The molecule has 0 saturated carbocycles. The van der Waals surface area contributed by atoms with E-state index >= 15 is 0 Å². The molecule has 2 aromatic carbocycles. The summed E-state index contributed by atoms with van der Waals surface area (Å²) in [5.74, 6) is 0.807. The van der Waals surface area contributed by atoms with Gasteiger partial charge in [0.2, 0.25) is 0 Å². The summed E-state index contributed by atoms with van der Waals surface area (Å²) in [6.07, 6.45) is -0.559. The summed E-state index contributed by atoms with van der Waals surface area (Å²) in [6, 6.07) is 15.2. The first-order chi connectivity index (χ1) is 11.2. The monoisotopic (exact) mass is 391 g/mol. The van der Waals surface area contributed by atoms with Gasteiger partial charge < -0.3 is 9.47 Å². The molecule has 0 fully saturated rings. The second kappa shape index (κ2) is 7.71. The standard InChI is InChI=1S/C19H22BrNO3/c1-13(23-17-11-7-15(20)8-12-17)14-5-9-16(10-6-14)21-18(22)24-19(2,3)4/h5-13H,1-4H3,(H,21,22). The number of nitrogens with one attached hydrogen (secondary N) is 1. The minimum Gasteiger partial charge on any atom is -0.486 e. The number of amides is 1. The summed E-state index contributed by atoms with van der Waals surface area (Å²) in [5.41, 5.74) is 1.19. The molecule has 4 nitrogen and oxygen atoms in total. The van der Waals surface area contributed by atoms with Gasteiger partial charge in [0.1, 0.15) is 17.5 Å². The predicted octanol–water partition coefficient (Wildman–Crippen LogP) is 5.94. The first kappa shape index (κ1) is 18.3. The molecule has 2 aromatic rings. The van der Waals surface area contributed by atoms with Crippen LogP contribution in [-0.4, -0.2) is 11.7 Å². The van der Waals surface area contributed by atoms with E-state index in [0.717, 1.165) is 15.8 Å². The van der Waals surface area contributed by atoms with Crippen molar-refractivity contribution in [2.24, 2.45) is 0 Å². The van der Waals surface area contributed by atoms with Gasteiger partial charge in [-0.25, -0.2) is 4.79 Å². The van der Waals surface area contributed by atoms with E-state index in [2.05, 4.69) is 21.2 Å². The summed E-state index contributed by atoms with van der Waals surface area (Å²) in [6.45, 7) is 7.48. The maximum atomic E-state index is 11.8. The Morgan fingerprint density at radius 3 is 2.17 bits per heavy atom. The first-order valence-electron chi connectivity index (χ1n) is 7.75. The van der Waals surface area contributed by atoms with Crippen molar-refractivity contribution in [1.82, 2.24) is 0 Å². The van der Waals surface area contributed by atoms with Crippen LogP contribution in [-0.2, 0) is 4.74 Å². The number of benzene rings is 2. The molecule has 2 rings (SSSR count).